The smallest absolute Gasteiger partial charge is 0.227 e. The predicted molar refractivity (Wildman–Crippen MR) is 120 cm³/mol. The second-order valence-electron chi connectivity index (χ2n) is 8.28. The number of sulfone groups is 1. The molecule has 0 radical (unpaired) electrons. The summed E-state index contributed by atoms with van der Waals surface area (Å²) in [6, 6.07) is 7.80. The molecule has 8 heteroatoms. The van der Waals surface area contributed by atoms with Crippen molar-refractivity contribution in [1.29, 1.82) is 0 Å². The monoisotopic (exact) mass is 511 g/mol. The molecule has 1 atom stereocenters. The number of carbonyl (C=O) groups excluding carboxylic acids is 1. The summed E-state index contributed by atoms with van der Waals surface area (Å²) in [7, 11) is -1.99. The van der Waals surface area contributed by atoms with Crippen LogP contribution in [0.2, 0.25) is 0 Å². The summed E-state index contributed by atoms with van der Waals surface area (Å²) in [6.45, 7) is 1.98. The van der Waals surface area contributed by atoms with Gasteiger partial charge in [-0.1, -0.05) is 19.1 Å². The number of nitrogens with zero attached hydrogens (tertiary/aromatic N) is 1. The van der Waals surface area contributed by atoms with E-state index in [1.165, 1.54) is 31.5 Å². The summed E-state index contributed by atoms with van der Waals surface area (Å²) in [5.74, 6) is 0.360. The number of hydrogen-bond donors (Lipinski definition) is 0. The SMILES string of the molecule is COc1ncc(S(=O)(=O)CC2CCC(C(=O)C[C@H](C)c3ccc(F)cc3)CC2)cc1Br. The molecule has 0 N–H and O–H groups in total. The average Bonchev–Trinajstić information content (AvgIpc) is 2.74. The molecular weight excluding hydrogens is 485 g/mol. The molecule has 2 aromatic rings. The van der Waals surface area contributed by atoms with Gasteiger partial charge in [0.1, 0.15) is 11.6 Å². The number of ketones is 1. The van der Waals surface area contributed by atoms with Gasteiger partial charge in [0.05, 0.1) is 22.2 Å². The van der Waals surface area contributed by atoms with Crippen molar-refractivity contribution < 1.29 is 22.3 Å². The van der Waals surface area contributed by atoms with Crippen LogP contribution in [0.4, 0.5) is 4.39 Å². The summed E-state index contributed by atoms with van der Waals surface area (Å²) in [6.07, 6.45) is 4.59. The molecule has 168 valence electrons. The number of carbonyl (C=O) groups is 1. The lowest BCUT2D eigenvalue weighted by Gasteiger charge is -2.28. The van der Waals surface area contributed by atoms with E-state index in [4.69, 9.17) is 4.74 Å². The van der Waals surface area contributed by atoms with Gasteiger partial charge in [-0.05, 0) is 77.2 Å². The maximum atomic E-state index is 13.1. The summed E-state index contributed by atoms with van der Waals surface area (Å²) in [5.41, 5.74) is 0.953. The highest BCUT2D eigenvalue weighted by molar-refractivity contribution is 9.10. The van der Waals surface area contributed by atoms with Crippen LogP contribution in [0.15, 0.2) is 45.9 Å². The highest BCUT2D eigenvalue weighted by Gasteiger charge is 2.30. The second kappa shape index (κ2) is 10.2. The Morgan fingerprint density at radius 3 is 2.45 bits per heavy atom. The van der Waals surface area contributed by atoms with Crippen LogP contribution < -0.4 is 4.74 Å². The van der Waals surface area contributed by atoms with E-state index in [1.807, 2.05) is 6.92 Å². The fraction of sp³-hybridized carbons (Fsp3) is 0.478. The van der Waals surface area contributed by atoms with Crippen molar-refractivity contribution in [2.75, 3.05) is 12.9 Å². The number of benzene rings is 1. The molecule has 0 saturated heterocycles. The first kappa shape index (κ1) is 23.9. The Labute approximate surface area is 191 Å². The van der Waals surface area contributed by atoms with Crippen LogP contribution in [0.5, 0.6) is 5.88 Å². The molecule has 1 aromatic carbocycles. The Kier molecular flexibility index (Phi) is 7.86. The van der Waals surface area contributed by atoms with Crippen LogP contribution >= 0.6 is 15.9 Å². The molecule has 1 aromatic heterocycles. The molecule has 5 nitrogen and oxygen atoms in total. The van der Waals surface area contributed by atoms with Crippen molar-refractivity contribution in [2.45, 2.75) is 49.8 Å². The molecule has 1 saturated carbocycles. The first-order valence-electron chi connectivity index (χ1n) is 10.4. The third kappa shape index (κ3) is 6.13. The number of pyridine rings is 1. The molecule has 0 aliphatic heterocycles. The van der Waals surface area contributed by atoms with Crippen LogP contribution in [-0.4, -0.2) is 32.0 Å². The maximum Gasteiger partial charge on any atom is 0.227 e. The minimum atomic E-state index is -3.47. The topological polar surface area (TPSA) is 73.3 Å². The number of rotatable bonds is 8. The number of halogens is 2. The van der Waals surface area contributed by atoms with Crippen LogP contribution in [0.1, 0.15) is 50.5 Å². The quantitative estimate of drug-likeness (QED) is 0.478. The molecule has 1 fully saturated rings. The number of methoxy groups -OCH3 is 1. The van der Waals surface area contributed by atoms with Gasteiger partial charge in [0, 0.05) is 18.5 Å². The van der Waals surface area contributed by atoms with Gasteiger partial charge in [0.15, 0.2) is 9.84 Å². The lowest BCUT2D eigenvalue weighted by atomic mass is 9.78. The summed E-state index contributed by atoms with van der Waals surface area (Å²) in [4.78, 5) is 16.9. The van der Waals surface area contributed by atoms with Crippen LogP contribution in [-0.2, 0) is 14.6 Å². The van der Waals surface area contributed by atoms with Crippen molar-refractivity contribution in [3.05, 3.63) is 52.4 Å². The van der Waals surface area contributed by atoms with E-state index in [0.717, 1.165) is 5.56 Å². The third-order valence-corrected chi connectivity index (χ3v) is 8.46. The molecule has 1 aliphatic carbocycles. The van der Waals surface area contributed by atoms with Crippen molar-refractivity contribution in [2.24, 2.45) is 11.8 Å². The van der Waals surface area contributed by atoms with Crippen LogP contribution in [0.25, 0.3) is 0 Å². The maximum absolute atomic E-state index is 13.1. The molecule has 1 heterocycles. The minimum Gasteiger partial charge on any atom is -0.480 e. The average molecular weight is 512 g/mol. The van der Waals surface area contributed by atoms with E-state index in [1.54, 1.807) is 12.1 Å². The zero-order valence-corrected chi connectivity index (χ0v) is 20.1. The van der Waals surface area contributed by atoms with E-state index < -0.39 is 9.84 Å². The van der Waals surface area contributed by atoms with Crippen LogP contribution in [0.3, 0.4) is 0 Å². The second-order valence-corrected chi connectivity index (χ2v) is 11.2. The van der Waals surface area contributed by atoms with Crippen molar-refractivity contribution >= 4 is 31.6 Å². The van der Waals surface area contributed by atoms with Crippen molar-refractivity contribution in [1.82, 2.24) is 4.98 Å². The Hall–Kier alpha value is -1.80. The van der Waals surface area contributed by atoms with Crippen LogP contribution in [0, 0.1) is 17.7 Å². The summed E-state index contributed by atoms with van der Waals surface area (Å²) < 4.78 is 44.3. The van der Waals surface area contributed by atoms with Crippen molar-refractivity contribution in [3.63, 3.8) is 0 Å². The van der Waals surface area contributed by atoms with Crippen molar-refractivity contribution in [3.8, 4) is 5.88 Å². The lowest BCUT2D eigenvalue weighted by molar-refractivity contribution is -0.124. The normalized spacial score (nSPS) is 20.3. The molecule has 1 aliphatic rings. The van der Waals surface area contributed by atoms with Gasteiger partial charge in [-0.2, -0.15) is 0 Å². The minimum absolute atomic E-state index is 0.0290. The highest BCUT2D eigenvalue weighted by atomic mass is 79.9. The summed E-state index contributed by atoms with van der Waals surface area (Å²) in [5, 5.41) is 0. The zero-order valence-electron chi connectivity index (χ0n) is 17.7. The Morgan fingerprint density at radius 1 is 1.23 bits per heavy atom. The fourth-order valence-electron chi connectivity index (χ4n) is 4.16. The molecule has 3 rings (SSSR count). The first-order valence-corrected chi connectivity index (χ1v) is 12.8. The Balaban J connectivity index is 1.53. The fourth-order valence-corrected chi connectivity index (χ4v) is 6.48. The number of hydrogen-bond acceptors (Lipinski definition) is 5. The van der Waals surface area contributed by atoms with Gasteiger partial charge >= 0.3 is 0 Å². The van der Waals surface area contributed by atoms with Gasteiger partial charge in [0.25, 0.3) is 0 Å². The lowest BCUT2D eigenvalue weighted by Crippen LogP contribution is -2.26. The first-order chi connectivity index (χ1) is 14.7. The van der Waals surface area contributed by atoms with Gasteiger partial charge in [-0.25, -0.2) is 17.8 Å². The standard InChI is InChI=1S/C23H27BrFNO4S/c1-15(17-7-9-19(25)10-8-17)11-22(27)18-5-3-16(4-6-18)14-31(28,29)20-12-21(24)23(30-2)26-13-20/h7-10,12-13,15-16,18H,3-6,11,14H2,1-2H3/t15-,16?,18?/m0/s1. The zero-order chi connectivity index (χ0) is 22.6. The molecule has 0 amide bonds. The van der Waals surface area contributed by atoms with Gasteiger partial charge in [-0.3, -0.25) is 4.79 Å². The van der Waals surface area contributed by atoms with E-state index in [2.05, 4.69) is 20.9 Å². The van der Waals surface area contributed by atoms with E-state index in [0.29, 0.717) is 42.5 Å². The van der Waals surface area contributed by atoms with E-state index in [-0.39, 0.29) is 40.0 Å². The number of aromatic nitrogens is 1. The van der Waals surface area contributed by atoms with E-state index >= 15 is 0 Å². The van der Waals surface area contributed by atoms with Gasteiger partial charge in [-0.15, -0.1) is 0 Å². The highest BCUT2D eigenvalue weighted by Crippen LogP contribution is 2.34. The third-order valence-electron chi connectivity index (χ3n) is 6.04. The molecule has 0 bridgehead atoms. The Bertz CT molecular complexity index is 1020. The molecule has 0 spiro atoms. The van der Waals surface area contributed by atoms with Gasteiger partial charge in [0.2, 0.25) is 5.88 Å². The Morgan fingerprint density at radius 2 is 1.87 bits per heavy atom. The van der Waals surface area contributed by atoms with Gasteiger partial charge < -0.3 is 4.74 Å². The molecular formula is C23H27BrFNO4S. The number of ether oxygens (including phenoxy) is 1. The molecule has 0 unspecified atom stereocenters. The predicted octanol–water partition coefficient (Wildman–Crippen LogP) is 5.33. The summed E-state index contributed by atoms with van der Waals surface area (Å²) >= 11 is 3.28. The number of Topliss-reactive ketones (excluding diaryl/α,β-unsaturated/α-hetero) is 1. The molecule has 31 heavy (non-hydrogen) atoms. The van der Waals surface area contributed by atoms with E-state index in [9.17, 15) is 17.6 Å². The largest absolute Gasteiger partial charge is 0.480 e.